The normalized spacial score (nSPS) is 17.1. The van der Waals surface area contributed by atoms with E-state index in [4.69, 9.17) is 0 Å². The van der Waals surface area contributed by atoms with Crippen molar-refractivity contribution in [1.82, 2.24) is 10.0 Å². The molecule has 0 aliphatic heterocycles. The molecule has 2 N–H and O–H groups in total. The number of sulfonamides is 1. The fourth-order valence-corrected chi connectivity index (χ4v) is 4.79. The van der Waals surface area contributed by atoms with Gasteiger partial charge in [-0.05, 0) is 35.8 Å². The van der Waals surface area contributed by atoms with Gasteiger partial charge >= 0.3 is 0 Å². The Morgan fingerprint density at radius 1 is 1.35 bits per heavy atom. The zero-order valence-corrected chi connectivity index (χ0v) is 13.8. The highest BCUT2D eigenvalue weighted by atomic mass is 32.2. The van der Waals surface area contributed by atoms with Crippen molar-refractivity contribution in [2.75, 3.05) is 6.54 Å². The van der Waals surface area contributed by atoms with Gasteiger partial charge in [-0.1, -0.05) is 26.7 Å². The molecular formula is C14H24N2O2S2. The van der Waals surface area contributed by atoms with Gasteiger partial charge in [-0.2, -0.15) is 0 Å². The summed E-state index contributed by atoms with van der Waals surface area (Å²) in [5.41, 5.74) is 1.03. The van der Waals surface area contributed by atoms with Crippen LogP contribution >= 0.6 is 11.3 Å². The van der Waals surface area contributed by atoms with Crippen molar-refractivity contribution < 1.29 is 8.42 Å². The maximum Gasteiger partial charge on any atom is 0.250 e. The summed E-state index contributed by atoms with van der Waals surface area (Å²) >= 11 is 1.30. The molecule has 1 aliphatic carbocycles. The first-order chi connectivity index (χ1) is 9.47. The van der Waals surface area contributed by atoms with E-state index < -0.39 is 10.0 Å². The van der Waals surface area contributed by atoms with Gasteiger partial charge in [0.1, 0.15) is 4.21 Å². The highest BCUT2D eigenvalue weighted by Gasteiger charge is 2.21. The molecule has 20 heavy (non-hydrogen) atoms. The van der Waals surface area contributed by atoms with Gasteiger partial charge in [0.15, 0.2) is 0 Å². The van der Waals surface area contributed by atoms with Gasteiger partial charge in [0.25, 0.3) is 0 Å². The van der Waals surface area contributed by atoms with Gasteiger partial charge in [-0.15, -0.1) is 11.3 Å². The molecule has 6 heteroatoms. The lowest BCUT2D eigenvalue weighted by Crippen LogP contribution is -2.28. The van der Waals surface area contributed by atoms with Crippen LogP contribution < -0.4 is 10.0 Å². The number of thiophene rings is 1. The molecule has 0 amide bonds. The van der Waals surface area contributed by atoms with Crippen LogP contribution in [-0.2, 0) is 16.6 Å². The Kier molecular flexibility index (Phi) is 5.60. The topological polar surface area (TPSA) is 58.2 Å². The van der Waals surface area contributed by atoms with Gasteiger partial charge in [0, 0.05) is 19.1 Å². The second kappa shape index (κ2) is 7.02. The predicted octanol–water partition coefficient (Wildman–Crippen LogP) is 2.71. The average molecular weight is 316 g/mol. The lowest BCUT2D eigenvalue weighted by Gasteiger charge is -2.10. The molecule has 0 unspecified atom stereocenters. The van der Waals surface area contributed by atoms with E-state index in [1.54, 1.807) is 6.07 Å². The molecule has 0 radical (unpaired) electrons. The quantitative estimate of drug-likeness (QED) is 0.813. The van der Waals surface area contributed by atoms with Crippen LogP contribution in [-0.4, -0.2) is 21.0 Å². The fourth-order valence-electron chi connectivity index (χ4n) is 2.42. The Balaban J connectivity index is 1.91. The Morgan fingerprint density at radius 2 is 2.05 bits per heavy atom. The smallest absolute Gasteiger partial charge is 0.250 e. The second-order valence-electron chi connectivity index (χ2n) is 5.81. The van der Waals surface area contributed by atoms with Crippen LogP contribution in [0.5, 0.6) is 0 Å². The lowest BCUT2D eigenvalue weighted by atomic mass is 10.1. The lowest BCUT2D eigenvalue weighted by molar-refractivity contribution is 0.520. The highest BCUT2D eigenvalue weighted by Crippen LogP contribution is 2.25. The van der Waals surface area contributed by atoms with E-state index in [-0.39, 0.29) is 0 Å². The van der Waals surface area contributed by atoms with E-state index in [9.17, 15) is 8.42 Å². The Hall–Kier alpha value is -0.430. The molecule has 4 nitrogen and oxygen atoms in total. The maximum atomic E-state index is 12.2. The Labute approximate surface area is 126 Å². The van der Waals surface area contributed by atoms with Crippen molar-refractivity contribution >= 4 is 21.4 Å². The van der Waals surface area contributed by atoms with E-state index in [2.05, 4.69) is 23.9 Å². The summed E-state index contributed by atoms with van der Waals surface area (Å²) in [7, 11) is -3.32. The third kappa shape index (κ3) is 4.55. The van der Waals surface area contributed by atoms with Crippen molar-refractivity contribution in [1.29, 1.82) is 0 Å². The van der Waals surface area contributed by atoms with E-state index in [1.807, 2.05) is 5.38 Å². The first-order valence-corrected chi connectivity index (χ1v) is 9.64. The number of nitrogens with one attached hydrogen (secondary N) is 2. The summed E-state index contributed by atoms with van der Waals surface area (Å²) in [6, 6.07) is 2.17. The number of hydrogen-bond donors (Lipinski definition) is 2. The van der Waals surface area contributed by atoms with Gasteiger partial charge in [0.2, 0.25) is 10.0 Å². The molecule has 0 aromatic carbocycles. The molecule has 114 valence electrons. The standard InChI is InChI=1S/C14H24N2O2S2/c1-11(2)15-8-13-7-14(19-10-13)20(17,18)16-9-12-5-3-4-6-12/h7,10-12,15-16H,3-6,8-9H2,1-2H3. The minimum atomic E-state index is -3.32. The largest absolute Gasteiger partial charge is 0.310 e. The van der Waals surface area contributed by atoms with Crippen molar-refractivity contribution in [3.8, 4) is 0 Å². The van der Waals surface area contributed by atoms with Crippen molar-refractivity contribution in [3.05, 3.63) is 17.0 Å². The third-order valence-electron chi connectivity index (χ3n) is 3.65. The number of hydrogen-bond acceptors (Lipinski definition) is 4. The molecule has 1 fully saturated rings. The summed E-state index contributed by atoms with van der Waals surface area (Å²) in [6.45, 7) is 5.45. The molecule has 0 bridgehead atoms. The molecule has 2 rings (SSSR count). The zero-order valence-electron chi connectivity index (χ0n) is 12.2. The molecule has 1 aromatic heterocycles. The van der Waals surface area contributed by atoms with Gasteiger partial charge in [-0.3, -0.25) is 0 Å². The minimum absolute atomic E-state index is 0.399. The van der Waals surface area contributed by atoms with E-state index >= 15 is 0 Å². The second-order valence-corrected chi connectivity index (χ2v) is 8.72. The first-order valence-electron chi connectivity index (χ1n) is 7.28. The highest BCUT2D eigenvalue weighted by molar-refractivity contribution is 7.91. The predicted molar refractivity (Wildman–Crippen MR) is 83.4 cm³/mol. The fraction of sp³-hybridized carbons (Fsp3) is 0.714. The molecule has 1 aromatic rings. The van der Waals surface area contributed by atoms with Crippen molar-refractivity contribution in [2.24, 2.45) is 5.92 Å². The summed E-state index contributed by atoms with van der Waals surface area (Å²) in [4.78, 5) is 0. The van der Waals surface area contributed by atoms with E-state index in [1.165, 1.54) is 24.2 Å². The molecule has 1 saturated carbocycles. The monoisotopic (exact) mass is 316 g/mol. The molecular weight excluding hydrogens is 292 g/mol. The maximum absolute atomic E-state index is 12.2. The third-order valence-corrected chi connectivity index (χ3v) is 6.56. The Bertz CT molecular complexity index is 517. The van der Waals surface area contributed by atoms with E-state index in [0.29, 0.717) is 29.3 Å². The molecule has 1 heterocycles. The summed E-state index contributed by atoms with van der Waals surface area (Å²) in [5.74, 6) is 0.520. The molecule has 1 aliphatic rings. The molecule has 0 spiro atoms. The van der Waals surface area contributed by atoms with Gasteiger partial charge in [-0.25, -0.2) is 13.1 Å². The average Bonchev–Trinajstić information content (AvgIpc) is 3.05. The van der Waals surface area contributed by atoms with Gasteiger partial charge < -0.3 is 5.32 Å². The molecule has 0 atom stereocenters. The van der Waals surface area contributed by atoms with E-state index in [0.717, 1.165) is 18.4 Å². The van der Waals surface area contributed by atoms with Crippen LogP contribution in [0.3, 0.4) is 0 Å². The summed E-state index contributed by atoms with van der Waals surface area (Å²) < 4.78 is 27.6. The van der Waals surface area contributed by atoms with Crippen LogP contribution in [0.4, 0.5) is 0 Å². The van der Waals surface area contributed by atoms with Crippen LogP contribution in [0.25, 0.3) is 0 Å². The Morgan fingerprint density at radius 3 is 2.70 bits per heavy atom. The SMILES string of the molecule is CC(C)NCc1csc(S(=O)(=O)NCC2CCCC2)c1. The minimum Gasteiger partial charge on any atom is -0.310 e. The van der Waals surface area contributed by atoms with Crippen molar-refractivity contribution in [3.63, 3.8) is 0 Å². The molecule has 0 saturated heterocycles. The van der Waals surface area contributed by atoms with Crippen LogP contribution in [0.15, 0.2) is 15.7 Å². The van der Waals surface area contributed by atoms with Gasteiger partial charge in [0.05, 0.1) is 0 Å². The first kappa shape index (κ1) is 15.9. The van der Waals surface area contributed by atoms with Crippen LogP contribution in [0.1, 0.15) is 45.1 Å². The summed E-state index contributed by atoms with van der Waals surface area (Å²) in [6.07, 6.45) is 4.76. The summed E-state index contributed by atoms with van der Waals surface area (Å²) in [5, 5.41) is 5.21. The number of rotatable bonds is 7. The van der Waals surface area contributed by atoms with Crippen molar-refractivity contribution in [2.45, 2.75) is 56.3 Å². The van der Waals surface area contributed by atoms with Crippen LogP contribution in [0.2, 0.25) is 0 Å². The zero-order chi connectivity index (χ0) is 14.6. The van der Waals surface area contributed by atoms with Crippen LogP contribution in [0, 0.1) is 5.92 Å².